The third-order valence-corrected chi connectivity index (χ3v) is 5.15. The second kappa shape index (κ2) is 13.6. The first-order chi connectivity index (χ1) is 11.2. The minimum atomic E-state index is 0.389. The SMILES string of the molecule is CCC(C)CCCC/C=C/CCCCCCC(=O)N1CCCC1. The molecule has 0 bridgehead atoms. The van der Waals surface area contributed by atoms with E-state index in [-0.39, 0.29) is 0 Å². The van der Waals surface area contributed by atoms with Crippen molar-refractivity contribution in [3.63, 3.8) is 0 Å². The molecular formula is C21H39NO. The van der Waals surface area contributed by atoms with Crippen LogP contribution >= 0.6 is 0 Å². The molecule has 0 aromatic rings. The number of nitrogens with zero attached hydrogens (tertiary/aromatic N) is 1. The standard InChI is InChI=1S/C21H39NO/c1-3-20(2)16-12-10-8-6-4-5-7-9-11-13-17-21(23)22-18-14-15-19-22/h4,6,20H,3,5,7-19H2,1-2H3/b6-4+. The smallest absolute Gasteiger partial charge is 0.222 e. The molecule has 1 unspecified atom stereocenters. The molecule has 0 aromatic carbocycles. The van der Waals surface area contributed by atoms with Gasteiger partial charge in [-0.15, -0.1) is 0 Å². The lowest BCUT2D eigenvalue weighted by atomic mass is 10.0. The Bertz CT molecular complexity index is 318. The maximum atomic E-state index is 11.9. The Morgan fingerprint density at radius 1 is 0.957 bits per heavy atom. The van der Waals surface area contributed by atoms with Crippen LogP contribution in [-0.4, -0.2) is 23.9 Å². The highest BCUT2D eigenvalue weighted by Gasteiger charge is 2.16. The Balaban J connectivity index is 1.82. The third-order valence-electron chi connectivity index (χ3n) is 5.15. The van der Waals surface area contributed by atoms with Crippen LogP contribution in [-0.2, 0) is 4.79 Å². The van der Waals surface area contributed by atoms with E-state index in [1.165, 1.54) is 70.6 Å². The average Bonchev–Trinajstić information content (AvgIpc) is 3.10. The molecule has 1 aliphatic rings. The summed E-state index contributed by atoms with van der Waals surface area (Å²) < 4.78 is 0. The van der Waals surface area contributed by atoms with Crippen molar-refractivity contribution >= 4 is 5.91 Å². The number of carbonyl (C=O) groups excluding carboxylic acids is 1. The Morgan fingerprint density at radius 2 is 1.57 bits per heavy atom. The van der Waals surface area contributed by atoms with Crippen LogP contribution < -0.4 is 0 Å². The van der Waals surface area contributed by atoms with E-state index < -0.39 is 0 Å². The zero-order valence-corrected chi connectivity index (χ0v) is 15.7. The number of unbranched alkanes of at least 4 members (excludes halogenated alkanes) is 6. The Morgan fingerprint density at radius 3 is 2.22 bits per heavy atom. The van der Waals surface area contributed by atoms with Gasteiger partial charge in [-0.25, -0.2) is 0 Å². The van der Waals surface area contributed by atoms with Crippen LogP contribution in [0.2, 0.25) is 0 Å². The third kappa shape index (κ3) is 10.6. The van der Waals surface area contributed by atoms with E-state index >= 15 is 0 Å². The summed E-state index contributed by atoms with van der Waals surface area (Å²) in [5.74, 6) is 1.29. The summed E-state index contributed by atoms with van der Waals surface area (Å²) in [7, 11) is 0. The molecule has 1 heterocycles. The van der Waals surface area contributed by atoms with Crippen LogP contribution in [0.5, 0.6) is 0 Å². The lowest BCUT2D eigenvalue weighted by molar-refractivity contribution is -0.130. The largest absolute Gasteiger partial charge is 0.343 e. The quantitative estimate of drug-likeness (QED) is 0.296. The van der Waals surface area contributed by atoms with E-state index in [2.05, 4.69) is 26.0 Å². The predicted molar refractivity (Wildman–Crippen MR) is 101 cm³/mol. The molecule has 1 aliphatic heterocycles. The number of likely N-dealkylation sites (tertiary alicyclic amines) is 1. The molecule has 1 saturated heterocycles. The number of hydrogen-bond donors (Lipinski definition) is 0. The van der Waals surface area contributed by atoms with Crippen LogP contribution in [0.25, 0.3) is 0 Å². The van der Waals surface area contributed by atoms with Crippen molar-refractivity contribution in [1.29, 1.82) is 0 Å². The first-order valence-electron chi connectivity index (χ1n) is 10.2. The highest BCUT2D eigenvalue weighted by atomic mass is 16.2. The number of hydrogen-bond acceptors (Lipinski definition) is 1. The van der Waals surface area contributed by atoms with Gasteiger partial charge in [0.2, 0.25) is 5.91 Å². The molecule has 0 saturated carbocycles. The van der Waals surface area contributed by atoms with Gasteiger partial charge in [-0.2, -0.15) is 0 Å². The van der Waals surface area contributed by atoms with Gasteiger partial charge in [-0.05, 0) is 50.9 Å². The average molecular weight is 322 g/mol. The van der Waals surface area contributed by atoms with Gasteiger partial charge in [0.25, 0.3) is 0 Å². The molecule has 0 radical (unpaired) electrons. The van der Waals surface area contributed by atoms with Crippen molar-refractivity contribution in [3.05, 3.63) is 12.2 Å². The Kier molecular flexibility index (Phi) is 12.0. The molecule has 1 amide bonds. The van der Waals surface area contributed by atoms with E-state index in [9.17, 15) is 4.79 Å². The minimum Gasteiger partial charge on any atom is -0.343 e. The Labute approximate surface area is 144 Å². The van der Waals surface area contributed by atoms with Crippen molar-refractivity contribution in [2.24, 2.45) is 5.92 Å². The molecule has 1 atom stereocenters. The Hall–Kier alpha value is -0.790. The van der Waals surface area contributed by atoms with Crippen molar-refractivity contribution in [2.45, 2.75) is 97.3 Å². The van der Waals surface area contributed by atoms with Gasteiger partial charge < -0.3 is 4.90 Å². The van der Waals surface area contributed by atoms with Crippen molar-refractivity contribution < 1.29 is 4.79 Å². The molecule has 0 aliphatic carbocycles. The van der Waals surface area contributed by atoms with Gasteiger partial charge >= 0.3 is 0 Å². The predicted octanol–water partition coefficient (Wildman–Crippen LogP) is 6.11. The lowest BCUT2D eigenvalue weighted by Crippen LogP contribution is -2.27. The molecule has 2 heteroatoms. The fourth-order valence-corrected chi connectivity index (χ4v) is 3.21. The normalized spacial score (nSPS) is 16.3. The molecule has 2 nitrogen and oxygen atoms in total. The fraction of sp³-hybridized carbons (Fsp3) is 0.857. The maximum Gasteiger partial charge on any atom is 0.222 e. The number of carbonyl (C=O) groups is 1. The summed E-state index contributed by atoms with van der Waals surface area (Å²) in [4.78, 5) is 13.9. The van der Waals surface area contributed by atoms with Gasteiger partial charge in [-0.3, -0.25) is 4.79 Å². The van der Waals surface area contributed by atoms with Crippen LogP contribution in [0.15, 0.2) is 12.2 Å². The summed E-state index contributed by atoms with van der Waals surface area (Å²) in [5, 5.41) is 0. The van der Waals surface area contributed by atoms with Gasteiger partial charge in [0, 0.05) is 19.5 Å². The van der Waals surface area contributed by atoms with Crippen LogP contribution in [0, 0.1) is 5.92 Å². The van der Waals surface area contributed by atoms with Crippen molar-refractivity contribution in [3.8, 4) is 0 Å². The first-order valence-corrected chi connectivity index (χ1v) is 10.2. The minimum absolute atomic E-state index is 0.389. The van der Waals surface area contributed by atoms with E-state index in [4.69, 9.17) is 0 Å². The summed E-state index contributed by atoms with van der Waals surface area (Å²) >= 11 is 0. The van der Waals surface area contributed by atoms with Crippen molar-refractivity contribution in [2.75, 3.05) is 13.1 Å². The van der Waals surface area contributed by atoms with E-state index in [0.29, 0.717) is 5.91 Å². The van der Waals surface area contributed by atoms with Gasteiger partial charge in [0.1, 0.15) is 0 Å². The highest BCUT2D eigenvalue weighted by Crippen LogP contribution is 2.14. The summed E-state index contributed by atoms with van der Waals surface area (Å²) in [5.41, 5.74) is 0. The molecule has 23 heavy (non-hydrogen) atoms. The molecule has 1 rings (SSSR count). The number of allylic oxidation sites excluding steroid dienone is 2. The van der Waals surface area contributed by atoms with Gasteiger partial charge in [-0.1, -0.05) is 58.1 Å². The zero-order valence-electron chi connectivity index (χ0n) is 15.7. The maximum absolute atomic E-state index is 11.9. The van der Waals surface area contributed by atoms with E-state index in [1.54, 1.807) is 0 Å². The zero-order chi connectivity index (χ0) is 16.8. The van der Waals surface area contributed by atoms with Crippen LogP contribution in [0.3, 0.4) is 0 Å². The molecule has 134 valence electrons. The van der Waals surface area contributed by atoms with E-state index in [0.717, 1.165) is 31.8 Å². The molecule has 1 fully saturated rings. The topological polar surface area (TPSA) is 20.3 Å². The number of rotatable bonds is 13. The second-order valence-electron chi connectivity index (χ2n) is 7.31. The molecule has 0 spiro atoms. The first kappa shape index (κ1) is 20.3. The molecule has 0 aromatic heterocycles. The summed E-state index contributed by atoms with van der Waals surface area (Å²) in [6.07, 6.45) is 20.6. The fourth-order valence-electron chi connectivity index (χ4n) is 3.21. The number of amides is 1. The monoisotopic (exact) mass is 321 g/mol. The highest BCUT2D eigenvalue weighted by molar-refractivity contribution is 5.76. The summed E-state index contributed by atoms with van der Waals surface area (Å²) in [6.45, 7) is 6.64. The molecular weight excluding hydrogens is 282 g/mol. The lowest BCUT2D eigenvalue weighted by Gasteiger charge is -2.14. The van der Waals surface area contributed by atoms with Gasteiger partial charge in [0.05, 0.1) is 0 Å². The van der Waals surface area contributed by atoms with Crippen LogP contribution in [0.1, 0.15) is 97.3 Å². The molecule has 0 N–H and O–H groups in total. The second-order valence-corrected chi connectivity index (χ2v) is 7.31. The van der Waals surface area contributed by atoms with Crippen molar-refractivity contribution in [1.82, 2.24) is 4.90 Å². The summed E-state index contributed by atoms with van der Waals surface area (Å²) in [6, 6.07) is 0. The van der Waals surface area contributed by atoms with E-state index in [1.807, 2.05) is 4.90 Å². The van der Waals surface area contributed by atoms with Gasteiger partial charge in [0.15, 0.2) is 0 Å². The van der Waals surface area contributed by atoms with Crippen LogP contribution in [0.4, 0.5) is 0 Å².